The molecule has 1 N–H and O–H groups in total. The highest BCUT2D eigenvalue weighted by molar-refractivity contribution is 5.24. The minimum atomic E-state index is 0.388. The fourth-order valence-electron chi connectivity index (χ4n) is 2.93. The lowest BCUT2D eigenvalue weighted by Gasteiger charge is -2.17. The number of aryl methyl sites for hydroxylation is 1. The zero-order valence-electron chi connectivity index (χ0n) is 13.2. The molecule has 2 aromatic rings. The van der Waals surface area contributed by atoms with E-state index in [1.54, 1.807) is 0 Å². The van der Waals surface area contributed by atoms with E-state index >= 15 is 0 Å². The van der Waals surface area contributed by atoms with Crippen LogP contribution in [0, 0.1) is 12.8 Å². The summed E-state index contributed by atoms with van der Waals surface area (Å²) in [6.07, 6.45) is 2.36. The Balaban J connectivity index is 1.59. The molecule has 1 saturated carbocycles. The van der Waals surface area contributed by atoms with Crippen LogP contribution >= 0.6 is 0 Å². The van der Waals surface area contributed by atoms with E-state index in [4.69, 9.17) is 4.42 Å². The summed E-state index contributed by atoms with van der Waals surface area (Å²) in [7, 11) is 0. The van der Waals surface area contributed by atoms with Crippen LogP contribution in [-0.2, 0) is 6.54 Å². The molecule has 0 spiro atoms. The maximum atomic E-state index is 5.97. The Bertz CT molecular complexity index is 584. The second-order valence-corrected chi connectivity index (χ2v) is 6.38. The van der Waals surface area contributed by atoms with Gasteiger partial charge in [-0.05, 0) is 43.4 Å². The fourth-order valence-corrected chi connectivity index (χ4v) is 2.93. The molecule has 0 amide bonds. The smallest absolute Gasteiger partial charge is 0.117 e. The third-order valence-electron chi connectivity index (χ3n) is 4.57. The van der Waals surface area contributed by atoms with Crippen molar-refractivity contribution in [2.75, 3.05) is 0 Å². The number of hydrogen-bond donors (Lipinski definition) is 1. The molecule has 3 atom stereocenters. The monoisotopic (exact) mass is 283 g/mol. The van der Waals surface area contributed by atoms with Gasteiger partial charge in [0.05, 0.1) is 6.54 Å². The third-order valence-corrected chi connectivity index (χ3v) is 4.57. The molecule has 3 unspecified atom stereocenters. The Hall–Kier alpha value is -1.54. The van der Waals surface area contributed by atoms with Crippen LogP contribution in [0.1, 0.15) is 61.3 Å². The van der Waals surface area contributed by atoms with E-state index in [0.29, 0.717) is 12.0 Å². The molecule has 1 aliphatic carbocycles. The topological polar surface area (TPSA) is 25.2 Å². The summed E-state index contributed by atoms with van der Waals surface area (Å²) >= 11 is 0. The molecular weight excluding hydrogens is 258 g/mol. The largest absolute Gasteiger partial charge is 0.464 e. The highest BCUT2D eigenvalue weighted by Gasteiger charge is 2.36. The predicted octanol–water partition coefficient (Wildman–Crippen LogP) is 4.95. The lowest BCUT2D eigenvalue weighted by molar-refractivity contribution is 0.419. The second kappa shape index (κ2) is 6.07. The Morgan fingerprint density at radius 3 is 2.52 bits per heavy atom. The summed E-state index contributed by atoms with van der Waals surface area (Å²) in [5, 5.41) is 3.61. The summed E-state index contributed by atoms with van der Waals surface area (Å²) < 4.78 is 5.97. The number of hydrogen-bond acceptors (Lipinski definition) is 2. The molecule has 0 bridgehead atoms. The van der Waals surface area contributed by atoms with E-state index in [2.05, 4.69) is 62.5 Å². The van der Waals surface area contributed by atoms with Gasteiger partial charge < -0.3 is 9.73 Å². The van der Waals surface area contributed by atoms with Gasteiger partial charge in [-0.25, -0.2) is 0 Å². The van der Waals surface area contributed by atoms with Crippen LogP contribution in [0.5, 0.6) is 0 Å². The molecule has 1 fully saturated rings. The van der Waals surface area contributed by atoms with Gasteiger partial charge in [0.15, 0.2) is 0 Å². The summed E-state index contributed by atoms with van der Waals surface area (Å²) in [5.41, 5.74) is 2.66. The molecule has 0 saturated heterocycles. The average Bonchev–Trinajstić information content (AvgIpc) is 3.03. The van der Waals surface area contributed by atoms with Crippen LogP contribution in [0.2, 0.25) is 0 Å². The zero-order chi connectivity index (χ0) is 14.8. The van der Waals surface area contributed by atoms with Gasteiger partial charge in [0.25, 0.3) is 0 Å². The summed E-state index contributed by atoms with van der Waals surface area (Å²) in [4.78, 5) is 0. The average molecular weight is 283 g/mol. The number of benzene rings is 1. The molecule has 2 heteroatoms. The summed E-state index contributed by atoms with van der Waals surface area (Å²) in [6, 6.07) is 13.5. The van der Waals surface area contributed by atoms with Crippen molar-refractivity contribution in [3.8, 4) is 0 Å². The van der Waals surface area contributed by atoms with Gasteiger partial charge in [0.2, 0.25) is 0 Å². The molecule has 3 rings (SSSR count). The van der Waals surface area contributed by atoms with E-state index in [1.807, 2.05) is 0 Å². The first-order chi connectivity index (χ1) is 10.2. The van der Waals surface area contributed by atoms with Crippen LogP contribution in [0.4, 0.5) is 0 Å². The first-order valence-corrected chi connectivity index (χ1v) is 8.06. The van der Waals surface area contributed by atoms with E-state index in [1.165, 1.54) is 23.3 Å². The standard InChI is InChI=1S/C19H25NO/c1-4-18(15-7-5-13(2)6-8-15)20-12-16-9-10-19(21-16)17-11-14(17)3/h5-10,14,17-18,20H,4,11-12H2,1-3H3. The number of furan rings is 1. The van der Waals surface area contributed by atoms with Crippen molar-refractivity contribution in [3.05, 3.63) is 59.0 Å². The first-order valence-electron chi connectivity index (χ1n) is 8.06. The van der Waals surface area contributed by atoms with Gasteiger partial charge in [-0.15, -0.1) is 0 Å². The Kier molecular flexibility index (Phi) is 4.16. The first kappa shape index (κ1) is 14.4. The van der Waals surface area contributed by atoms with E-state index < -0.39 is 0 Å². The van der Waals surface area contributed by atoms with Gasteiger partial charge >= 0.3 is 0 Å². The minimum absolute atomic E-state index is 0.388. The summed E-state index contributed by atoms with van der Waals surface area (Å²) in [5.74, 6) is 3.68. The van der Waals surface area contributed by atoms with Crippen molar-refractivity contribution in [2.45, 2.75) is 52.1 Å². The molecule has 1 aromatic carbocycles. The molecule has 2 nitrogen and oxygen atoms in total. The SMILES string of the molecule is CCC(NCc1ccc(C2CC2C)o1)c1ccc(C)cc1. The third kappa shape index (κ3) is 3.38. The Morgan fingerprint density at radius 2 is 1.90 bits per heavy atom. The number of nitrogens with one attached hydrogen (secondary N) is 1. The van der Waals surface area contributed by atoms with Crippen LogP contribution in [-0.4, -0.2) is 0 Å². The second-order valence-electron chi connectivity index (χ2n) is 6.38. The van der Waals surface area contributed by atoms with Crippen molar-refractivity contribution in [1.29, 1.82) is 0 Å². The van der Waals surface area contributed by atoms with Crippen LogP contribution in [0.15, 0.2) is 40.8 Å². The van der Waals surface area contributed by atoms with Crippen LogP contribution in [0.25, 0.3) is 0 Å². The van der Waals surface area contributed by atoms with Gasteiger partial charge in [0, 0.05) is 12.0 Å². The van der Waals surface area contributed by atoms with E-state index in [0.717, 1.165) is 24.6 Å². The molecule has 21 heavy (non-hydrogen) atoms. The highest BCUT2D eigenvalue weighted by Crippen LogP contribution is 2.47. The maximum absolute atomic E-state index is 5.97. The van der Waals surface area contributed by atoms with Crippen molar-refractivity contribution >= 4 is 0 Å². The molecule has 1 aromatic heterocycles. The minimum Gasteiger partial charge on any atom is -0.464 e. The predicted molar refractivity (Wildman–Crippen MR) is 86.3 cm³/mol. The molecule has 1 heterocycles. The molecule has 1 aliphatic rings. The maximum Gasteiger partial charge on any atom is 0.117 e. The lowest BCUT2D eigenvalue weighted by Crippen LogP contribution is -2.19. The Labute approximate surface area is 127 Å². The van der Waals surface area contributed by atoms with Gasteiger partial charge in [-0.2, -0.15) is 0 Å². The zero-order valence-corrected chi connectivity index (χ0v) is 13.2. The van der Waals surface area contributed by atoms with Gasteiger partial charge in [-0.1, -0.05) is 43.7 Å². The Morgan fingerprint density at radius 1 is 1.19 bits per heavy atom. The van der Waals surface area contributed by atoms with E-state index in [-0.39, 0.29) is 0 Å². The quantitative estimate of drug-likeness (QED) is 0.811. The molecule has 0 radical (unpaired) electrons. The van der Waals surface area contributed by atoms with Crippen molar-refractivity contribution in [2.24, 2.45) is 5.92 Å². The highest BCUT2D eigenvalue weighted by atomic mass is 16.3. The van der Waals surface area contributed by atoms with Crippen LogP contribution < -0.4 is 5.32 Å². The van der Waals surface area contributed by atoms with Crippen molar-refractivity contribution in [1.82, 2.24) is 5.32 Å². The van der Waals surface area contributed by atoms with E-state index in [9.17, 15) is 0 Å². The van der Waals surface area contributed by atoms with Gasteiger partial charge in [0.1, 0.15) is 11.5 Å². The normalized spacial score (nSPS) is 22.2. The van der Waals surface area contributed by atoms with Gasteiger partial charge in [-0.3, -0.25) is 0 Å². The van der Waals surface area contributed by atoms with Crippen LogP contribution in [0.3, 0.4) is 0 Å². The lowest BCUT2D eigenvalue weighted by atomic mass is 10.0. The molecular formula is C19H25NO. The molecule has 112 valence electrons. The number of rotatable bonds is 6. The fraction of sp³-hybridized carbons (Fsp3) is 0.474. The van der Waals surface area contributed by atoms with Crippen molar-refractivity contribution < 1.29 is 4.42 Å². The van der Waals surface area contributed by atoms with Crippen molar-refractivity contribution in [3.63, 3.8) is 0 Å². The summed E-state index contributed by atoms with van der Waals surface area (Å²) in [6.45, 7) is 7.43. The molecule has 0 aliphatic heterocycles.